The second-order valence-corrected chi connectivity index (χ2v) is 5.84. The monoisotopic (exact) mass is 320 g/mol. The molecule has 24 heavy (non-hydrogen) atoms. The SMILES string of the molecule is Cc1cc(C)n(-c2ccc(C(=O)OC(C)c3ccccc3)cc2)n1. The highest BCUT2D eigenvalue weighted by Gasteiger charge is 2.14. The second kappa shape index (κ2) is 6.71. The van der Waals surface area contributed by atoms with Crippen molar-refractivity contribution in [3.8, 4) is 5.69 Å². The van der Waals surface area contributed by atoms with Gasteiger partial charge >= 0.3 is 5.97 Å². The van der Waals surface area contributed by atoms with Crippen molar-refractivity contribution < 1.29 is 9.53 Å². The minimum absolute atomic E-state index is 0.283. The smallest absolute Gasteiger partial charge is 0.338 e. The van der Waals surface area contributed by atoms with Gasteiger partial charge in [0.15, 0.2) is 0 Å². The number of hydrogen-bond donors (Lipinski definition) is 0. The summed E-state index contributed by atoms with van der Waals surface area (Å²) < 4.78 is 7.39. The summed E-state index contributed by atoms with van der Waals surface area (Å²) in [7, 11) is 0. The molecule has 3 aromatic rings. The fraction of sp³-hybridized carbons (Fsp3) is 0.200. The van der Waals surface area contributed by atoms with Crippen LogP contribution in [0.25, 0.3) is 5.69 Å². The maximum atomic E-state index is 12.3. The predicted molar refractivity (Wildman–Crippen MR) is 93.3 cm³/mol. The number of benzene rings is 2. The molecule has 0 spiro atoms. The minimum atomic E-state index is -0.328. The number of carbonyl (C=O) groups is 1. The maximum Gasteiger partial charge on any atom is 0.338 e. The molecule has 4 heteroatoms. The summed E-state index contributed by atoms with van der Waals surface area (Å²) in [6.45, 7) is 5.83. The third-order valence-electron chi connectivity index (χ3n) is 3.91. The van der Waals surface area contributed by atoms with Crippen molar-refractivity contribution in [1.29, 1.82) is 0 Å². The molecule has 2 aromatic carbocycles. The molecule has 122 valence electrons. The lowest BCUT2D eigenvalue weighted by atomic mass is 10.1. The normalized spacial score (nSPS) is 12.0. The molecule has 1 heterocycles. The van der Waals surface area contributed by atoms with Crippen molar-refractivity contribution in [2.75, 3.05) is 0 Å². The molecule has 0 amide bonds. The Balaban J connectivity index is 1.73. The lowest BCUT2D eigenvalue weighted by Crippen LogP contribution is -2.09. The molecule has 0 N–H and O–H groups in total. The molecule has 0 saturated carbocycles. The zero-order valence-corrected chi connectivity index (χ0v) is 14.1. The van der Waals surface area contributed by atoms with Gasteiger partial charge in [-0.2, -0.15) is 5.10 Å². The molecule has 0 aliphatic rings. The number of carbonyl (C=O) groups excluding carboxylic acids is 1. The largest absolute Gasteiger partial charge is 0.454 e. The Bertz CT molecular complexity index is 836. The summed E-state index contributed by atoms with van der Waals surface area (Å²) in [4.78, 5) is 12.3. The number of rotatable bonds is 4. The van der Waals surface area contributed by atoms with Gasteiger partial charge in [0.05, 0.1) is 16.9 Å². The molecule has 0 bridgehead atoms. The van der Waals surface area contributed by atoms with E-state index in [2.05, 4.69) is 5.10 Å². The van der Waals surface area contributed by atoms with E-state index in [9.17, 15) is 4.79 Å². The summed E-state index contributed by atoms with van der Waals surface area (Å²) in [6, 6.07) is 19.0. The van der Waals surface area contributed by atoms with E-state index in [1.807, 2.05) is 74.0 Å². The summed E-state index contributed by atoms with van der Waals surface area (Å²) >= 11 is 0. The minimum Gasteiger partial charge on any atom is -0.454 e. The van der Waals surface area contributed by atoms with Crippen LogP contribution in [0.15, 0.2) is 60.7 Å². The van der Waals surface area contributed by atoms with Gasteiger partial charge in [0.2, 0.25) is 0 Å². The lowest BCUT2D eigenvalue weighted by Gasteiger charge is -2.13. The Kier molecular flexibility index (Phi) is 4.47. The number of esters is 1. The first-order valence-corrected chi connectivity index (χ1v) is 7.94. The summed E-state index contributed by atoms with van der Waals surface area (Å²) in [5.41, 5.74) is 4.45. The second-order valence-electron chi connectivity index (χ2n) is 5.84. The Morgan fingerprint density at radius 1 is 1.04 bits per heavy atom. The van der Waals surface area contributed by atoms with Crippen molar-refractivity contribution in [1.82, 2.24) is 9.78 Å². The fourth-order valence-electron chi connectivity index (χ4n) is 2.65. The molecule has 1 unspecified atom stereocenters. The third-order valence-corrected chi connectivity index (χ3v) is 3.91. The van der Waals surface area contributed by atoms with E-state index < -0.39 is 0 Å². The van der Waals surface area contributed by atoms with E-state index >= 15 is 0 Å². The van der Waals surface area contributed by atoms with Crippen LogP contribution in [0.1, 0.15) is 40.3 Å². The van der Waals surface area contributed by atoms with Gasteiger partial charge in [0.1, 0.15) is 6.10 Å². The third kappa shape index (κ3) is 3.38. The van der Waals surface area contributed by atoms with Crippen LogP contribution >= 0.6 is 0 Å². The van der Waals surface area contributed by atoms with E-state index in [-0.39, 0.29) is 12.1 Å². The van der Waals surface area contributed by atoms with Gasteiger partial charge in [-0.3, -0.25) is 0 Å². The average Bonchev–Trinajstić information content (AvgIpc) is 2.94. The van der Waals surface area contributed by atoms with Crippen LogP contribution in [0.5, 0.6) is 0 Å². The predicted octanol–water partition coefficient (Wildman–Crippen LogP) is 4.41. The molecule has 0 radical (unpaired) electrons. The van der Waals surface area contributed by atoms with Crippen molar-refractivity contribution in [2.45, 2.75) is 26.9 Å². The van der Waals surface area contributed by atoms with E-state index in [0.29, 0.717) is 5.56 Å². The standard InChI is InChI=1S/C20H20N2O2/c1-14-13-15(2)22(21-14)19-11-9-18(10-12-19)20(23)24-16(3)17-7-5-4-6-8-17/h4-13,16H,1-3H3. The molecular weight excluding hydrogens is 300 g/mol. The Labute approximate surface area is 141 Å². The first kappa shape index (κ1) is 16.0. The highest BCUT2D eigenvalue weighted by molar-refractivity contribution is 5.89. The number of hydrogen-bond acceptors (Lipinski definition) is 3. The van der Waals surface area contributed by atoms with Gasteiger partial charge in [0, 0.05) is 5.69 Å². The first-order valence-electron chi connectivity index (χ1n) is 7.94. The topological polar surface area (TPSA) is 44.1 Å². The summed E-state index contributed by atoms with van der Waals surface area (Å²) in [5, 5.41) is 4.44. The van der Waals surface area contributed by atoms with Crippen molar-refractivity contribution in [3.05, 3.63) is 83.2 Å². The van der Waals surface area contributed by atoms with E-state index in [1.54, 1.807) is 12.1 Å². The quantitative estimate of drug-likeness (QED) is 0.669. The van der Waals surface area contributed by atoms with E-state index in [4.69, 9.17) is 4.74 Å². The number of aryl methyl sites for hydroxylation is 2. The van der Waals surface area contributed by atoms with Crippen LogP contribution < -0.4 is 0 Å². The highest BCUT2D eigenvalue weighted by Crippen LogP contribution is 2.19. The molecule has 0 saturated heterocycles. The van der Waals surface area contributed by atoms with Crippen LogP contribution in [0, 0.1) is 13.8 Å². The van der Waals surface area contributed by atoms with Crippen LogP contribution in [0.2, 0.25) is 0 Å². The first-order chi connectivity index (χ1) is 11.5. The Morgan fingerprint density at radius 3 is 2.29 bits per heavy atom. The van der Waals surface area contributed by atoms with Gasteiger partial charge in [-0.05, 0) is 56.7 Å². The summed E-state index contributed by atoms with van der Waals surface area (Å²) in [5.74, 6) is -0.328. The van der Waals surface area contributed by atoms with Crippen molar-refractivity contribution in [3.63, 3.8) is 0 Å². The van der Waals surface area contributed by atoms with Crippen LogP contribution in [0.3, 0.4) is 0 Å². The van der Waals surface area contributed by atoms with Crippen LogP contribution in [-0.2, 0) is 4.74 Å². The lowest BCUT2D eigenvalue weighted by molar-refractivity contribution is 0.0338. The van der Waals surface area contributed by atoms with E-state index in [1.165, 1.54) is 0 Å². The molecule has 0 aliphatic carbocycles. The van der Waals surface area contributed by atoms with E-state index in [0.717, 1.165) is 22.6 Å². The maximum absolute atomic E-state index is 12.3. The number of aromatic nitrogens is 2. The number of ether oxygens (including phenoxy) is 1. The molecule has 1 atom stereocenters. The zero-order chi connectivity index (χ0) is 17.1. The zero-order valence-electron chi connectivity index (χ0n) is 14.1. The van der Waals surface area contributed by atoms with Gasteiger partial charge < -0.3 is 4.74 Å². The summed E-state index contributed by atoms with van der Waals surface area (Å²) in [6.07, 6.45) is -0.283. The molecule has 0 fully saturated rings. The van der Waals surface area contributed by atoms with Crippen molar-refractivity contribution >= 4 is 5.97 Å². The average molecular weight is 320 g/mol. The Morgan fingerprint density at radius 2 is 1.71 bits per heavy atom. The molecular formula is C20H20N2O2. The molecule has 3 rings (SSSR count). The van der Waals surface area contributed by atoms with Crippen LogP contribution in [-0.4, -0.2) is 15.7 Å². The van der Waals surface area contributed by atoms with Gasteiger partial charge in [0.25, 0.3) is 0 Å². The van der Waals surface area contributed by atoms with Gasteiger partial charge in [-0.25, -0.2) is 9.48 Å². The fourth-order valence-corrected chi connectivity index (χ4v) is 2.65. The van der Waals surface area contributed by atoms with Crippen LogP contribution in [0.4, 0.5) is 0 Å². The molecule has 1 aromatic heterocycles. The molecule has 4 nitrogen and oxygen atoms in total. The van der Waals surface area contributed by atoms with Gasteiger partial charge in [-0.15, -0.1) is 0 Å². The Hall–Kier alpha value is -2.88. The van der Waals surface area contributed by atoms with Gasteiger partial charge in [-0.1, -0.05) is 30.3 Å². The number of nitrogens with zero attached hydrogens (tertiary/aromatic N) is 2. The van der Waals surface area contributed by atoms with Crippen molar-refractivity contribution in [2.24, 2.45) is 0 Å². The molecule has 0 aliphatic heterocycles. The highest BCUT2D eigenvalue weighted by atomic mass is 16.5.